The van der Waals surface area contributed by atoms with Crippen molar-refractivity contribution in [1.82, 2.24) is 4.90 Å². The third-order valence-electron chi connectivity index (χ3n) is 6.39. The Balaban J connectivity index is 1.65. The van der Waals surface area contributed by atoms with Gasteiger partial charge in [0.05, 0.1) is 24.8 Å². The molecule has 0 aliphatic carbocycles. The van der Waals surface area contributed by atoms with Gasteiger partial charge in [0, 0.05) is 19.2 Å². The highest BCUT2D eigenvalue weighted by molar-refractivity contribution is 6.46. The molecule has 3 aromatic rings. The summed E-state index contributed by atoms with van der Waals surface area (Å²) in [5.74, 6) is -0.395. The number of aliphatic hydroxyl groups is 1. The summed E-state index contributed by atoms with van der Waals surface area (Å²) in [5, 5.41) is 11.3. The summed E-state index contributed by atoms with van der Waals surface area (Å²) in [6.07, 6.45) is 1.91. The summed E-state index contributed by atoms with van der Waals surface area (Å²) in [6, 6.07) is 23.2. The van der Waals surface area contributed by atoms with E-state index in [1.807, 2.05) is 42.5 Å². The second-order valence-corrected chi connectivity index (χ2v) is 9.06. The Bertz CT molecular complexity index is 1270. The number of ether oxygens (including phenoxy) is 3. The van der Waals surface area contributed by atoms with E-state index in [0.29, 0.717) is 35.8 Å². The molecule has 1 unspecified atom stereocenters. The third-order valence-corrected chi connectivity index (χ3v) is 6.39. The number of carbonyl (C=O) groups excluding carboxylic acids is 2. The summed E-state index contributed by atoms with van der Waals surface area (Å²) < 4.78 is 16.9. The van der Waals surface area contributed by atoms with E-state index in [1.165, 1.54) is 12.0 Å². The normalized spacial score (nSPS) is 16.6. The van der Waals surface area contributed by atoms with Crippen molar-refractivity contribution in [3.63, 3.8) is 0 Å². The molecule has 0 bridgehead atoms. The number of amides is 1. The van der Waals surface area contributed by atoms with Gasteiger partial charge in [0.2, 0.25) is 0 Å². The Morgan fingerprint density at radius 2 is 1.66 bits per heavy atom. The van der Waals surface area contributed by atoms with E-state index in [4.69, 9.17) is 14.2 Å². The number of benzene rings is 3. The molecule has 1 heterocycles. The van der Waals surface area contributed by atoms with Gasteiger partial charge in [-0.2, -0.15) is 0 Å². The van der Waals surface area contributed by atoms with E-state index in [-0.39, 0.29) is 24.5 Å². The molecule has 38 heavy (non-hydrogen) atoms. The highest BCUT2D eigenvalue weighted by Gasteiger charge is 2.45. The van der Waals surface area contributed by atoms with E-state index in [9.17, 15) is 14.7 Å². The van der Waals surface area contributed by atoms with E-state index >= 15 is 0 Å². The van der Waals surface area contributed by atoms with Gasteiger partial charge in [0.15, 0.2) is 0 Å². The summed E-state index contributed by atoms with van der Waals surface area (Å²) in [6.45, 7) is 3.51. The van der Waals surface area contributed by atoms with Crippen LogP contribution in [0.4, 0.5) is 0 Å². The summed E-state index contributed by atoms with van der Waals surface area (Å²) >= 11 is 0. The molecule has 1 aliphatic rings. The maximum Gasteiger partial charge on any atom is 0.295 e. The lowest BCUT2D eigenvalue weighted by Crippen LogP contribution is -2.32. The average molecular weight is 516 g/mol. The second-order valence-electron chi connectivity index (χ2n) is 9.06. The molecule has 1 atom stereocenters. The fraction of sp³-hybridized carbons (Fsp3) is 0.290. The number of rotatable bonds is 12. The molecule has 0 saturated carbocycles. The largest absolute Gasteiger partial charge is 0.507 e. The van der Waals surface area contributed by atoms with E-state index < -0.39 is 17.7 Å². The first-order valence-corrected chi connectivity index (χ1v) is 12.8. The monoisotopic (exact) mass is 515 g/mol. The minimum absolute atomic E-state index is 0.0368. The zero-order chi connectivity index (χ0) is 26.9. The van der Waals surface area contributed by atoms with Crippen molar-refractivity contribution >= 4 is 17.4 Å². The maximum absolute atomic E-state index is 13.2. The van der Waals surface area contributed by atoms with Gasteiger partial charge in [-0.25, -0.2) is 0 Å². The number of hydrogen-bond acceptors (Lipinski definition) is 6. The second kappa shape index (κ2) is 12.9. The summed E-state index contributed by atoms with van der Waals surface area (Å²) in [4.78, 5) is 27.7. The van der Waals surface area contributed by atoms with Gasteiger partial charge in [-0.05, 0) is 41.8 Å². The molecule has 1 saturated heterocycles. The third kappa shape index (κ3) is 6.23. The minimum atomic E-state index is -0.766. The van der Waals surface area contributed by atoms with Crippen LogP contribution < -0.4 is 9.47 Å². The number of carbonyl (C=O) groups is 2. The van der Waals surface area contributed by atoms with Crippen molar-refractivity contribution in [3.8, 4) is 11.5 Å². The van der Waals surface area contributed by atoms with Crippen LogP contribution in [0.1, 0.15) is 42.5 Å². The Kier molecular flexibility index (Phi) is 9.16. The van der Waals surface area contributed by atoms with Gasteiger partial charge >= 0.3 is 0 Å². The van der Waals surface area contributed by atoms with Gasteiger partial charge < -0.3 is 24.2 Å². The lowest BCUT2D eigenvalue weighted by Gasteiger charge is -2.25. The van der Waals surface area contributed by atoms with Gasteiger partial charge in [-0.3, -0.25) is 9.59 Å². The number of hydrogen-bond donors (Lipinski definition) is 1. The summed E-state index contributed by atoms with van der Waals surface area (Å²) in [7, 11) is 1.54. The molecule has 7 nitrogen and oxygen atoms in total. The van der Waals surface area contributed by atoms with Crippen LogP contribution in [0.5, 0.6) is 11.5 Å². The Morgan fingerprint density at radius 1 is 0.895 bits per heavy atom. The smallest absolute Gasteiger partial charge is 0.295 e. The van der Waals surface area contributed by atoms with Gasteiger partial charge in [0.1, 0.15) is 23.9 Å². The number of likely N-dealkylation sites (tertiary alicyclic amines) is 1. The lowest BCUT2D eigenvalue weighted by atomic mass is 9.95. The van der Waals surface area contributed by atoms with E-state index in [1.54, 1.807) is 36.4 Å². The number of aliphatic hydroxyl groups excluding tert-OH is 1. The first-order valence-electron chi connectivity index (χ1n) is 12.8. The van der Waals surface area contributed by atoms with Gasteiger partial charge in [-0.1, -0.05) is 67.9 Å². The highest BCUT2D eigenvalue weighted by atomic mass is 16.5. The number of methoxy groups -OCH3 is 1. The van der Waals surface area contributed by atoms with Crippen LogP contribution in [0.2, 0.25) is 0 Å². The highest BCUT2D eigenvalue weighted by Crippen LogP contribution is 2.40. The molecular formula is C31H33NO6. The fourth-order valence-electron chi connectivity index (χ4n) is 4.36. The van der Waals surface area contributed by atoms with Crippen molar-refractivity contribution in [2.45, 2.75) is 32.4 Å². The topological polar surface area (TPSA) is 85.3 Å². The zero-order valence-electron chi connectivity index (χ0n) is 21.8. The SMILES string of the molecule is CCCCOc1cccc(C(O)=C2C(=O)C(=O)N(CCOC)C2c2ccc(OCc3ccccc3)cc2)c1. The van der Waals surface area contributed by atoms with Crippen LogP contribution in [0, 0.1) is 0 Å². The summed E-state index contributed by atoms with van der Waals surface area (Å²) in [5.41, 5.74) is 2.18. The number of nitrogens with zero attached hydrogens (tertiary/aromatic N) is 1. The zero-order valence-corrected chi connectivity index (χ0v) is 21.8. The molecule has 198 valence electrons. The molecule has 0 aromatic heterocycles. The molecular weight excluding hydrogens is 482 g/mol. The Labute approximate surface area is 223 Å². The molecule has 1 fully saturated rings. The molecule has 1 aliphatic heterocycles. The van der Waals surface area contributed by atoms with Crippen LogP contribution in [0.15, 0.2) is 84.4 Å². The lowest BCUT2D eigenvalue weighted by molar-refractivity contribution is -0.140. The van der Waals surface area contributed by atoms with Crippen LogP contribution in [0.3, 0.4) is 0 Å². The molecule has 1 amide bonds. The molecule has 3 aromatic carbocycles. The molecule has 0 spiro atoms. The molecule has 4 rings (SSSR count). The van der Waals surface area contributed by atoms with Crippen molar-refractivity contribution in [2.24, 2.45) is 0 Å². The minimum Gasteiger partial charge on any atom is -0.507 e. The van der Waals surface area contributed by atoms with E-state index in [0.717, 1.165) is 18.4 Å². The maximum atomic E-state index is 13.2. The van der Waals surface area contributed by atoms with Crippen LogP contribution in [0.25, 0.3) is 5.76 Å². The predicted octanol–water partition coefficient (Wildman–Crippen LogP) is 5.51. The molecule has 7 heteroatoms. The standard InChI is InChI=1S/C31H33NO6/c1-3-4-18-37-26-12-8-11-24(20-26)29(33)27-28(32(17-19-36-2)31(35)30(27)34)23-13-15-25(16-14-23)38-21-22-9-6-5-7-10-22/h5-16,20,28,33H,3-4,17-19,21H2,1-2H3. The Hall–Kier alpha value is -4.10. The fourth-order valence-corrected chi connectivity index (χ4v) is 4.36. The van der Waals surface area contributed by atoms with Crippen LogP contribution >= 0.6 is 0 Å². The van der Waals surface area contributed by atoms with Crippen molar-refractivity contribution < 1.29 is 28.9 Å². The molecule has 0 radical (unpaired) electrons. The average Bonchev–Trinajstić information content (AvgIpc) is 3.20. The quantitative estimate of drug-likeness (QED) is 0.148. The molecule has 1 N–H and O–H groups in total. The van der Waals surface area contributed by atoms with Crippen molar-refractivity contribution in [3.05, 3.63) is 101 Å². The number of unbranched alkanes of at least 4 members (excludes halogenated alkanes) is 1. The van der Waals surface area contributed by atoms with Gasteiger partial charge in [-0.15, -0.1) is 0 Å². The van der Waals surface area contributed by atoms with Crippen LogP contribution in [-0.4, -0.2) is 48.6 Å². The number of Topliss-reactive ketones (excluding diaryl/α,β-unsaturated/α-hetero) is 1. The number of ketones is 1. The predicted molar refractivity (Wildman–Crippen MR) is 145 cm³/mol. The first kappa shape index (κ1) is 26.9. The van der Waals surface area contributed by atoms with Crippen molar-refractivity contribution in [2.75, 3.05) is 26.9 Å². The van der Waals surface area contributed by atoms with Crippen LogP contribution in [-0.2, 0) is 20.9 Å². The van der Waals surface area contributed by atoms with Crippen molar-refractivity contribution in [1.29, 1.82) is 0 Å². The van der Waals surface area contributed by atoms with E-state index in [2.05, 4.69) is 6.92 Å². The van der Waals surface area contributed by atoms with Gasteiger partial charge in [0.25, 0.3) is 11.7 Å². The first-order chi connectivity index (χ1) is 18.5. The Morgan fingerprint density at radius 3 is 2.37 bits per heavy atom.